The summed E-state index contributed by atoms with van der Waals surface area (Å²) < 4.78 is 10.4. The van der Waals surface area contributed by atoms with Crippen molar-refractivity contribution < 1.29 is 19.1 Å². The number of ether oxygens (including phenoxy) is 2. The highest BCUT2D eigenvalue weighted by atomic mass is 16.7. The van der Waals surface area contributed by atoms with Gasteiger partial charge >= 0.3 is 0 Å². The molecule has 6 heteroatoms. The highest BCUT2D eigenvalue weighted by Crippen LogP contribution is 2.32. The second-order valence-corrected chi connectivity index (χ2v) is 5.19. The summed E-state index contributed by atoms with van der Waals surface area (Å²) in [5.41, 5.74) is 0.464. The van der Waals surface area contributed by atoms with Gasteiger partial charge in [-0.2, -0.15) is 0 Å². The Morgan fingerprint density at radius 1 is 1.10 bits per heavy atom. The van der Waals surface area contributed by atoms with Gasteiger partial charge in [-0.25, -0.2) is 0 Å². The van der Waals surface area contributed by atoms with Crippen LogP contribution in [0.1, 0.15) is 29.6 Å². The SMILES string of the molecule is O=C(NCC(=O)N1CCCCC1)c1ccc2c(c1)OCO2. The minimum atomic E-state index is -0.279. The highest BCUT2D eigenvalue weighted by molar-refractivity contribution is 5.97. The first-order valence-electron chi connectivity index (χ1n) is 7.20. The van der Waals surface area contributed by atoms with Crippen molar-refractivity contribution in [2.45, 2.75) is 19.3 Å². The molecule has 2 aliphatic rings. The van der Waals surface area contributed by atoms with Crippen LogP contribution in [0.4, 0.5) is 0 Å². The van der Waals surface area contributed by atoms with E-state index < -0.39 is 0 Å². The fourth-order valence-corrected chi connectivity index (χ4v) is 2.55. The summed E-state index contributed by atoms with van der Waals surface area (Å²) in [5, 5.41) is 2.66. The van der Waals surface area contributed by atoms with Gasteiger partial charge < -0.3 is 19.7 Å². The number of amides is 2. The summed E-state index contributed by atoms with van der Waals surface area (Å²) in [7, 11) is 0. The van der Waals surface area contributed by atoms with Crippen LogP contribution in [0, 0.1) is 0 Å². The number of likely N-dealkylation sites (tertiary alicyclic amines) is 1. The molecule has 1 fully saturated rings. The standard InChI is InChI=1S/C15H18N2O4/c18-14(17-6-2-1-3-7-17)9-16-15(19)11-4-5-12-13(8-11)21-10-20-12/h4-5,8H,1-3,6-7,9-10H2,(H,16,19). The van der Waals surface area contributed by atoms with E-state index in [-0.39, 0.29) is 25.2 Å². The van der Waals surface area contributed by atoms with Crippen molar-refractivity contribution >= 4 is 11.8 Å². The minimum Gasteiger partial charge on any atom is -0.454 e. The number of piperidine rings is 1. The van der Waals surface area contributed by atoms with E-state index in [2.05, 4.69) is 5.32 Å². The summed E-state index contributed by atoms with van der Waals surface area (Å²) in [4.78, 5) is 25.9. The van der Waals surface area contributed by atoms with Crippen LogP contribution >= 0.6 is 0 Å². The average molecular weight is 290 g/mol. The quantitative estimate of drug-likeness (QED) is 0.907. The minimum absolute atomic E-state index is 0.0243. The Morgan fingerprint density at radius 2 is 1.86 bits per heavy atom. The first-order valence-corrected chi connectivity index (χ1v) is 7.20. The lowest BCUT2D eigenvalue weighted by Gasteiger charge is -2.26. The third-order valence-electron chi connectivity index (χ3n) is 3.74. The summed E-state index contributed by atoms with van der Waals surface area (Å²) in [5.74, 6) is 0.892. The van der Waals surface area contributed by atoms with Gasteiger partial charge in [-0.05, 0) is 37.5 Å². The van der Waals surface area contributed by atoms with Crippen molar-refractivity contribution in [1.29, 1.82) is 0 Å². The molecule has 0 radical (unpaired) electrons. The monoisotopic (exact) mass is 290 g/mol. The molecular weight excluding hydrogens is 272 g/mol. The number of carbonyl (C=O) groups is 2. The van der Waals surface area contributed by atoms with Gasteiger partial charge in [0.05, 0.1) is 6.54 Å². The lowest BCUT2D eigenvalue weighted by atomic mass is 10.1. The Hall–Kier alpha value is -2.24. The third kappa shape index (κ3) is 3.09. The Morgan fingerprint density at radius 3 is 2.67 bits per heavy atom. The largest absolute Gasteiger partial charge is 0.454 e. The molecule has 112 valence electrons. The van der Waals surface area contributed by atoms with E-state index in [0.29, 0.717) is 17.1 Å². The zero-order valence-electron chi connectivity index (χ0n) is 11.8. The Balaban J connectivity index is 1.55. The number of rotatable bonds is 3. The maximum Gasteiger partial charge on any atom is 0.251 e. The van der Waals surface area contributed by atoms with Gasteiger partial charge in [-0.1, -0.05) is 0 Å². The summed E-state index contributed by atoms with van der Waals surface area (Å²) in [6.45, 7) is 1.79. The molecule has 1 aromatic carbocycles. The van der Waals surface area contributed by atoms with Crippen molar-refractivity contribution in [3.63, 3.8) is 0 Å². The highest BCUT2D eigenvalue weighted by Gasteiger charge is 2.19. The molecular formula is C15H18N2O4. The number of hydrogen-bond donors (Lipinski definition) is 1. The molecule has 0 unspecified atom stereocenters. The molecule has 0 saturated carbocycles. The molecule has 0 atom stereocenters. The van der Waals surface area contributed by atoms with E-state index in [0.717, 1.165) is 25.9 Å². The Bertz CT molecular complexity index is 553. The van der Waals surface area contributed by atoms with E-state index in [4.69, 9.17) is 9.47 Å². The van der Waals surface area contributed by atoms with Gasteiger partial charge in [0.2, 0.25) is 12.7 Å². The van der Waals surface area contributed by atoms with Crippen LogP contribution in [-0.4, -0.2) is 43.1 Å². The summed E-state index contributed by atoms with van der Waals surface area (Å²) in [6.07, 6.45) is 3.26. The zero-order chi connectivity index (χ0) is 14.7. The van der Waals surface area contributed by atoms with Crippen molar-refractivity contribution in [2.75, 3.05) is 26.4 Å². The number of fused-ring (bicyclic) bond motifs is 1. The van der Waals surface area contributed by atoms with Crippen molar-refractivity contribution in [3.05, 3.63) is 23.8 Å². The van der Waals surface area contributed by atoms with Crippen molar-refractivity contribution in [2.24, 2.45) is 0 Å². The molecule has 0 spiro atoms. The van der Waals surface area contributed by atoms with Crippen molar-refractivity contribution in [3.8, 4) is 11.5 Å². The number of hydrogen-bond acceptors (Lipinski definition) is 4. The van der Waals surface area contributed by atoms with Crippen LogP contribution < -0.4 is 14.8 Å². The van der Waals surface area contributed by atoms with Crippen LogP contribution in [0.2, 0.25) is 0 Å². The van der Waals surface area contributed by atoms with Crippen molar-refractivity contribution in [1.82, 2.24) is 10.2 Å². The normalized spacial score (nSPS) is 16.7. The van der Waals surface area contributed by atoms with Crippen LogP contribution in [-0.2, 0) is 4.79 Å². The summed E-state index contributed by atoms with van der Waals surface area (Å²) >= 11 is 0. The topological polar surface area (TPSA) is 67.9 Å². The van der Waals surface area contributed by atoms with Crippen LogP contribution in [0.15, 0.2) is 18.2 Å². The molecule has 21 heavy (non-hydrogen) atoms. The van der Waals surface area contributed by atoms with Gasteiger partial charge in [-0.3, -0.25) is 9.59 Å². The molecule has 0 bridgehead atoms. The van der Waals surface area contributed by atoms with Crippen LogP contribution in [0.3, 0.4) is 0 Å². The number of benzene rings is 1. The predicted octanol–water partition coefficient (Wildman–Crippen LogP) is 1.16. The van der Waals surface area contributed by atoms with Crippen LogP contribution in [0.25, 0.3) is 0 Å². The molecule has 2 aliphatic heterocycles. The van der Waals surface area contributed by atoms with E-state index in [1.165, 1.54) is 6.42 Å². The van der Waals surface area contributed by atoms with E-state index in [9.17, 15) is 9.59 Å². The predicted molar refractivity (Wildman–Crippen MR) is 75.3 cm³/mol. The Kier molecular flexibility index (Phi) is 3.94. The first-order chi connectivity index (χ1) is 10.2. The first kappa shape index (κ1) is 13.7. The van der Waals surface area contributed by atoms with Crippen LogP contribution in [0.5, 0.6) is 11.5 Å². The van der Waals surface area contributed by atoms with E-state index in [1.54, 1.807) is 18.2 Å². The van der Waals surface area contributed by atoms with Gasteiger partial charge in [0.25, 0.3) is 5.91 Å². The molecule has 2 heterocycles. The molecule has 1 N–H and O–H groups in total. The second-order valence-electron chi connectivity index (χ2n) is 5.19. The fourth-order valence-electron chi connectivity index (χ4n) is 2.55. The maximum absolute atomic E-state index is 12.1. The second kappa shape index (κ2) is 6.03. The number of nitrogens with one attached hydrogen (secondary N) is 1. The molecule has 1 aromatic rings. The molecule has 2 amide bonds. The average Bonchev–Trinajstić information content (AvgIpc) is 3.00. The molecule has 0 aromatic heterocycles. The number of carbonyl (C=O) groups excluding carboxylic acids is 2. The zero-order valence-corrected chi connectivity index (χ0v) is 11.8. The van der Waals surface area contributed by atoms with Gasteiger partial charge in [0.15, 0.2) is 11.5 Å². The summed E-state index contributed by atoms with van der Waals surface area (Å²) in [6, 6.07) is 4.99. The third-order valence-corrected chi connectivity index (χ3v) is 3.74. The van der Waals surface area contributed by atoms with E-state index >= 15 is 0 Å². The molecule has 3 rings (SSSR count). The van der Waals surface area contributed by atoms with Gasteiger partial charge in [0, 0.05) is 18.7 Å². The lowest BCUT2D eigenvalue weighted by Crippen LogP contribution is -2.42. The lowest BCUT2D eigenvalue weighted by molar-refractivity contribution is -0.130. The maximum atomic E-state index is 12.1. The van der Waals surface area contributed by atoms with Gasteiger partial charge in [0.1, 0.15) is 0 Å². The molecule has 6 nitrogen and oxygen atoms in total. The Labute approximate surface area is 123 Å². The van der Waals surface area contributed by atoms with Gasteiger partial charge in [-0.15, -0.1) is 0 Å². The fraction of sp³-hybridized carbons (Fsp3) is 0.467. The molecule has 0 aliphatic carbocycles. The number of nitrogens with zero attached hydrogens (tertiary/aromatic N) is 1. The van der Waals surface area contributed by atoms with E-state index in [1.807, 2.05) is 4.90 Å². The smallest absolute Gasteiger partial charge is 0.251 e. The molecule has 1 saturated heterocycles.